The maximum absolute atomic E-state index is 11.2. The Balaban J connectivity index is 2.49. The Hall–Kier alpha value is -1.22. The van der Waals surface area contributed by atoms with E-state index in [0.29, 0.717) is 23.8 Å². The fourth-order valence-corrected chi connectivity index (χ4v) is 1.73. The normalized spacial score (nSPS) is 20.7. The van der Waals surface area contributed by atoms with E-state index in [2.05, 4.69) is 18.5 Å². The third-order valence-corrected chi connectivity index (χ3v) is 2.64. The van der Waals surface area contributed by atoms with Gasteiger partial charge in [0.15, 0.2) is 0 Å². The topological polar surface area (TPSA) is 38.3 Å². The van der Waals surface area contributed by atoms with Crippen molar-refractivity contribution in [2.45, 2.75) is 19.8 Å². The molecule has 0 aliphatic carbocycles. The van der Waals surface area contributed by atoms with Crippen molar-refractivity contribution in [2.75, 3.05) is 13.2 Å². The van der Waals surface area contributed by atoms with Crippen LogP contribution in [0.3, 0.4) is 0 Å². The van der Waals surface area contributed by atoms with Gasteiger partial charge in [0.05, 0.1) is 6.61 Å². The first kappa shape index (κ1) is 13.8. The summed E-state index contributed by atoms with van der Waals surface area (Å²) in [6, 6.07) is 0. The highest BCUT2D eigenvalue weighted by molar-refractivity contribution is 6.30. The zero-order chi connectivity index (χ0) is 12.8. The highest BCUT2D eigenvalue weighted by atomic mass is 35.5. The Kier molecular flexibility index (Phi) is 5.29. The van der Waals surface area contributed by atoms with Gasteiger partial charge in [-0.3, -0.25) is 4.79 Å². The van der Waals surface area contributed by atoms with Crippen LogP contribution >= 0.6 is 11.6 Å². The van der Waals surface area contributed by atoms with E-state index in [4.69, 9.17) is 16.3 Å². The standard InChI is InChI=1S/C13H18ClNO2/c1-9(2)12(6-10(3)14)17-8-11-4-5-15-13(16)7-11/h6,11H,1,3-5,7-8H2,2H3,(H,15,16)/b12-6+. The maximum Gasteiger partial charge on any atom is 0.220 e. The molecular weight excluding hydrogens is 238 g/mol. The van der Waals surface area contributed by atoms with Gasteiger partial charge in [0, 0.05) is 23.9 Å². The smallest absolute Gasteiger partial charge is 0.220 e. The molecule has 0 aromatic rings. The van der Waals surface area contributed by atoms with Crippen LogP contribution in [0.5, 0.6) is 0 Å². The highest BCUT2D eigenvalue weighted by Gasteiger charge is 2.19. The number of piperidine rings is 1. The number of amides is 1. The van der Waals surface area contributed by atoms with Crippen molar-refractivity contribution in [2.24, 2.45) is 5.92 Å². The fraction of sp³-hybridized carbons (Fsp3) is 0.462. The molecule has 1 fully saturated rings. The van der Waals surface area contributed by atoms with E-state index in [0.717, 1.165) is 18.5 Å². The molecule has 0 bridgehead atoms. The average molecular weight is 256 g/mol. The number of halogens is 1. The molecule has 1 aliphatic heterocycles. The molecule has 1 N–H and O–H groups in total. The second kappa shape index (κ2) is 6.50. The van der Waals surface area contributed by atoms with E-state index in [1.54, 1.807) is 6.08 Å². The lowest BCUT2D eigenvalue weighted by Crippen LogP contribution is -2.35. The number of hydrogen-bond donors (Lipinski definition) is 1. The van der Waals surface area contributed by atoms with Gasteiger partial charge in [-0.1, -0.05) is 24.8 Å². The largest absolute Gasteiger partial charge is 0.493 e. The van der Waals surface area contributed by atoms with Gasteiger partial charge in [-0.15, -0.1) is 0 Å². The van der Waals surface area contributed by atoms with Gasteiger partial charge in [0.1, 0.15) is 5.76 Å². The van der Waals surface area contributed by atoms with Crippen LogP contribution in [-0.2, 0) is 9.53 Å². The quantitative estimate of drug-likeness (QED) is 0.606. The lowest BCUT2D eigenvalue weighted by atomic mass is 9.99. The van der Waals surface area contributed by atoms with E-state index < -0.39 is 0 Å². The Morgan fingerprint density at radius 3 is 2.88 bits per heavy atom. The highest BCUT2D eigenvalue weighted by Crippen LogP contribution is 2.18. The lowest BCUT2D eigenvalue weighted by molar-refractivity contribution is -0.124. The molecule has 0 aromatic carbocycles. The van der Waals surface area contributed by atoms with Crippen molar-refractivity contribution in [3.05, 3.63) is 35.6 Å². The molecular formula is C13H18ClNO2. The zero-order valence-electron chi connectivity index (χ0n) is 10.1. The minimum atomic E-state index is 0.0902. The van der Waals surface area contributed by atoms with Crippen molar-refractivity contribution in [1.82, 2.24) is 5.32 Å². The third kappa shape index (κ3) is 5.09. The summed E-state index contributed by atoms with van der Waals surface area (Å²) >= 11 is 5.71. The molecule has 94 valence electrons. The molecule has 1 saturated heterocycles. The molecule has 4 heteroatoms. The SMILES string of the molecule is C=C(Cl)/C=C(/OCC1CCNC(=O)C1)C(=C)C. The van der Waals surface area contributed by atoms with Gasteiger partial charge < -0.3 is 10.1 Å². The predicted molar refractivity (Wildman–Crippen MR) is 69.6 cm³/mol. The van der Waals surface area contributed by atoms with Gasteiger partial charge in [0.2, 0.25) is 5.91 Å². The summed E-state index contributed by atoms with van der Waals surface area (Å²) in [6.45, 7) is 10.5. The monoisotopic (exact) mass is 255 g/mol. The third-order valence-electron chi connectivity index (χ3n) is 2.53. The number of allylic oxidation sites excluding steroid dienone is 3. The zero-order valence-corrected chi connectivity index (χ0v) is 10.8. The van der Waals surface area contributed by atoms with Crippen LogP contribution in [0.4, 0.5) is 0 Å². The van der Waals surface area contributed by atoms with Crippen LogP contribution < -0.4 is 5.32 Å². The maximum atomic E-state index is 11.2. The summed E-state index contributed by atoms with van der Waals surface area (Å²) in [6.07, 6.45) is 3.11. The number of hydrogen-bond acceptors (Lipinski definition) is 2. The Morgan fingerprint density at radius 2 is 2.35 bits per heavy atom. The lowest BCUT2D eigenvalue weighted by Gasteiger charge is -2.23. The minimum absolute atomic E-state index is 0.0902. The second-order valence-corrected chi connectivity index (χ2v) is 4.74. The van der Waals surface area contributed by atoms with Crippen LogP contribution in [0.25, 0.3) is 0 Å². The van der Waals surface area contributed by atoms with Crippen LogP contribution in [0.15, 0.2) is 35.6 Å². The molecule has 3 nitrogen and oxygen atoms in total. The number of carbonyl (C=O) groups excluding carboxylic acids is 1. The van der Waals surface area contributed by atoms with Crippen LogP contribution in [0.2, 0.25) is 0 Å². The van der Waals surface area contributed by atoms with Crippen molar-refractivity contribution in [3.8, 4) is 0 Å². The average Bonchev–Trinajstić information content (AvgIpc) is 2.23. The van der Waals surface area contributed by atoms with Crippen molar-refractivity contribution in [3.63, 3.8) is 0 Å². The Morgan fingerprint density at radius 1 is 1.65 bits per heavy atom. The predicted octanol–water partition coefficient (Wildman–Crippen LogP) is 2.74. The minimum Gasteiger partial charge on any atom is -0.493 e. The molecule has 1 unspecified atom stereocenters. The van der Waals surface area contributed by atoms with Crippen molar-refractivity contribution < 1.29 is 9.53 Å². The summed E-state index contributed by atoms with van der Waals surface area (Å²) in [4.78, 5) is 11.2. The summed E-state index contributed by atoms with van der Waals surface area (Å²) in [5, 5.41) is 3.20. The number of nitrogens with one attached hydrogen (secondary N) is 1. The molecule has 1 aliphatic rings. The Bertz CT molecular complexity index is 360. The van der Waals surface area contributed by atoms with E-state index in [1.807, 2.05) is 6.92 Å². The summed E-state index contributed by atoms with van der Waals surface area (Å²) in [5.41, 5.74) is 0.798. The van der Waals surface area contributed by atoms with Crippen LogP contribution in [0, 0.1) is 5.92 Å². The molecule has 1 atom stereocenters. The van der Waals surface area contributed by atoms with Crippen molar-refractivity contribution >= 4 is 17.5 Å². The van der Waals surface area contributed by atoms with E-state index in [1.165, 1.54) is 0 Å². The number of ether oxygens (including phenoxy) is 1. The molecule has 1 rings (SSSR count). The van der Waals surface area contributed by atoms with E-state index >= 15 is 0 Å². The Labute approximate surface area is 107 Å². The van der Waals surface area contributed by atoms with Crippen molar-refractivity contribution in [1.29, 1.82) is 0 Å². The first-order chi connectivity index (χ1) is 7.99. The molecule has 17 heavy (non-hydrogen) atoms. The molecule has 0 saturated carbocycles. The van der Waals surface area contributed by atoms with Gasteiger partial charge in [-0.05, 0) is 25.0 Å². The van der Waals surface area contributed by atoms with Crippen LogP contribution in [0.1, 0.15) is 19.8 Å². The summed E-state index contributed by atoms with van der Waals surface area (Å²) in [7, 11) is 0. The number of rotatable bonds is 5. The van der Waals surface area contributed by atoms with E-state index in [9.17, 15) is 4.79 Å². The molecule has 1 heterocycles. The molecule has 0 aromatic heterocycles. The molecule has 1 amide bonds. The van der Waals surface area contributed by atoms with Gasteiger partial charge in [-0.25, -0.2) is 0 Å². The number of carbonyl (C=O) groups is 1. The van der Waals surface area contributed by atoms with Crippen LogP contribution in [-0.4, -0.2) is 19.1 Å². The van der Waals surface area contributed by atoms with Gasteiger partial charge in [0.25, 0.3) is 0 Å². The molecule has 0 spiro atoms. The fourth-order valence-electron chi connectivity index (χ4n) is 1.63. The van der Waals surface area contributed by atoms with E-state index in [-0.39, 0.29) is 11.8 Å². The molecule has 0 radical (unpaired) electrons. The summed E-state index contributed by atoms with van der Waals surface area (Å²) < 4.78 is 5.64. The van der Waals surface area contributed by atoms with Gasteiger partial charge >= 0.3 is 0 Å². The first-order valence-electron chi connectivity index (χ1n) is 5.60. The van der Waals surface area contributed by atoms with Gasteiger partial charge in [-0.2, -0.15) is 0 Å². The summed E-state index contributed by atoms with van der Waals surface area (Å²) in [5.74, 6) is 0.985. The second-order valence-electron chi connectivity index (χ2n) is 4.26. The first-order valence-corrected chi connectivity index (χ1v) is 5.98.